The maximum atomic E-state index is 13.6. The van der Waals surface area contributed by atoms with Crippen LogP contribution in [0.4, 0.5) is 24.7 Å². The van der Waals surface area contributed by atoms with E-state index in [9.17, 15) is 18.0 Å². The Labute approximate surface area is 154 Å². The molecule has 0 radical (unpaired) electrons. The van der Waals surface area contributed by atoms with E-state index in [0.29, 0.717) is 24.3 Å². The number of pyridine rings is 1. The summed E-state index contributed by atoms with van der Waals surface area (Å²) in [5.74, 6) is -2.24. The Morgan fingerprint density at radius 3 is 2.44 bits per heavy atom. The lowest BCUT2D eigenvalue weighted by atomic mass is 10.1. The van der Waals surface area contributed by atoms with Gasteiger partial charge in [-0.1, -0.05) is 18.2 Å². The highest BCUT2D eigenvalue weighted by Gasteiger charge is 2.09. The summed E-state index contributed by atoms with van der Waals surface area (Å²) in [5.41, 5.74) is 1.01. The van der Waals surface area contributed by atoms with Crippen LogP contribution in [-0.4, -0.2) is 17.4 Å². The summed E-state index contributed by atoms with van der Waals surface area (Å²) < 4.78 is 39.6. The topological polar surface area (TPSA) is 54.0 Å². The molecule has 0 aliphatic heterocycles. The fraction of sp³-hybridized carbons (Fsp3) is 0.100. The van der Waals surface area contributed by atoms with Gasteiger partial charge in [0.15, 0.2) is 11.6 Å². The summed E-state index contributed by atoms with van der Waals surface area (Å²) in [6.07, 6.45) is 1.85. The number of carbonyl (C=O) groups is 1. The number of hydrogen-bond acceptors (Lipinski definition) is 3. The lowest BCUT2D eigenvalue weighted by Crippen LogP contribution is -2.13. The highest BCUT2D eigenvalue weighted by Crippen LogP contribution is 2.15. The maximum absolute atomic E-state index is 13.6. The molecule has 0 atom stereocenters. The van der Waals surface area contributed by atoms with Crippen molar-refractivity contribution >= 4 is 17.4 Å². The molecular formula is C20H16F3N3O. The Morgan fingerprint density at radius 1 is 0.926 bits per heavy atom. The predicted molar refractivity (Wildman–Crippen MR) is 97.1 cm³/mol. The number of rotatable bonds is 6. The lowest BCUT2D eigenvalue weighted by Gasteiger charge is -2.08. The average molecular weight is 371 g/mol. The Kier molecular flexibility index (Phi) is 5.71. The van der Waals surface area contributed by atoms with Crippen LogP contribution >= 0.6 is 0 Å². The van der Waals surface area contributed by atoms with Crippen molar-refractivity contribution in [2.24, 2.45) is 0 Å². The highest BCUT2D eigenvalue weighted by molar-refractivity contribution is 6.04. The van der Waals surface area contributed by atoms with Gasteiger partial charge in [0.1, 0.15) is 11.6 Å². The molecule has 0 fully saturated rings. The van der Waals surface area contributed by atoms with Gasteiger partial charge in [0.25, 0.3) is 5.91 Å². The van der Waals surface area contributed by atoms with Crippen molar-refractivity contribution < 1.29 is 18.0 Å². The molecule has 2 aromatic carbocycles. The number of carbonyl (C=O) groups excluding carboxylic acids is 1. The summed E-state index contributed by atoms with van der Waals surface area (Å²) in [6, 6.07) is 12.8. The number of anilines is 2. The molecule has 0 spiro atoms. The Bertz CT molecular complexity index is 945. The number of hydrogen-bond donors (Lipinski definition) is 2. The van der Waals surface area contributed by atoms with Crippen molar-refractivity contribution in [2.45, 2.75) is 6.42 Å². The molecule has 138 valence electrons. The van der Waals surface area contributed by atoms with Crippen LogP contribution in [0, 0.1) is 17.5 Å². The molecule has 3 rings (SSSR count). The summed E-state index contributed by atoms with van der Waals surface area (Å²) in [6.45, 7) is 0.480. The summed E-state index contributed by atoms with van der Waals surface area (Å²) >= 11 is 0. The molecule has 0 aliphatic carbocycles. The first kappa shape index (κ1) is 18.4. The number of halogens is 3. The molecule has 3 aromatic rings. The second kappa shape index (κ2) is 8.35. The van der Waals surface area contributed by atoms with E-state index < -0.39 is 17.5 Å². The van der Waals surface area contributed by atoms with E-state index in [1.807, 2.05) is 0 Å². The van der Waals surface area contributed by atoms with Crippen molar-refractivity contribution in [3.8, 4) is 0 Å². The van der Waals surface area contributed by atoms with Crippen LogP contribution in [0.15, 0.2) is 60.8 Å². The van der Waals surface area contributed by atoms with Gasteiger partial charge < -0.3 is 10.6 Å². The van der Waals surface area contributed by atoms with Crippen molar-refractivity contribution in [3.63, 3.8) is 0 Å². The van der Waals surface area contributed by atoms with Crippen molar-refractivity contribution in [2.75, 3.05) is 17.2 Å². The standard InChI is InChI=1S/C20H16F3N3O/c21-16-4-2-1-3-13(16)9-10-24-19-8-5-14(12-25-19)20(27)26-15-6-7-17(22)18(23)11-15/h1-8,11-12H,9-10H2,(H,24,25)(H,26,27). The normalized spacial score (nSPS) is 10.5. The smallest absolute Gasteiger partial charge is 0.257 e. The third kappa shape index (κ3) is 4.84. The largest absolute Gasteiger partial charge is 0.370 e. The lowest BCUT2D eigenvalue weighted by molar-refractivity contribution is 0.102. The molecule has 0 saturated heterocycles. The summed E-state index contributed by atoms with van der Waals surface area (Å²) in [5, 5.41) is 5.52. The van der Waals surface area contributed by atoms with Crippen molar-refractivity contribution in [1.82, 2.24) is 4.98 Å². The Hall–Kier alpha value is -3.35. The van der Waals surface area contributed by atoms with Crippen LogP contribution in [0.5, 0.6) is 0 Å². The Balaban J connectivity index is 1.55. The third-order valence-corrected chi connectivity index (χ3v) is 3.86. The van der Waals surface area contributed by atoms with Crippen LogP contribution in [0.1, 0.15) is 15.9 Å². The second-order valence-corrected chi connectivity index (χ2v) is 5.78. The minimum atomic E-state index is -1.04. The van der Waals surface area contributed by atoms with Gasteiger partial charge in [0, 0.05) is 24.5 Å². The van der Waals surface area contributed by atoms with E-state index >= 15 is 0 Å². The highest BCUT2D eigenvalue weighted by atomic mass is 19.2. The first-order valence-electron chi connectivity index (χ1n) is 8.22. The van der Waals surface area contributed by atoms with Crippen LogP contribution in [-0.2, 0) is 6.42 Å². The van der Waals surface area contributed by atoms with E-state index in [1.54, 1.807) is 30.3 Å². The predicted octanol–water partition coefficient (Wildman–Crippen LogP) is 4.41. The van der Waals surface area contributed by atoms with Gasteiger partial charge in [-0.3, -0.25) is 4.79 Å². The molecule has 1 amide bonds. The van der Waals surface area contributed by atoms with Gasteiger partial charge in [-0.2, -0.15) is 0 Å². The molecule has 1 aromatic heterocycles. The molecule has 0 saturated carbocycles. The summed E-state index contributed by atoms with van der Waals surface area (Å²) in [4.78, 5) is 16.3. The average Bonchev–Trinajstić information content (AvgIpc) is 2.67. The van der Waals surface area contributed by atoms with Crippen molar-refractivity contribution in [3.05, 3.63) is 89.4 Å². The van der Waals surface area contributed by atoms with Gasteiger partial charge in [-0.05, 0) is 42.3 Å². The maximum Gasteiger partial charge on any atom is 0.257 e. The fourth-order valence-corrected chi connectivity index (χ4v) is 2.44. The molecule has 27 heavy (non-hydrogen) atoms. The molecule has 0 aliphatic rings. The molecular weight excluding hydrogens is 355 g/mol. The van der Waals surface area contributed by atoms with E-state index in [4.69, 9.17) is 0 Å². The van der Waals surface area contributed by atoms with Gasteiger partial charge in [0.05, 0.1) is 5.56 Å². The number of nitrogens with zero attached hydrogens (tertiary/aromatic N) is 1. The monoisotopic (exact) mass is 371 g/mol. The quantitative estimate of drug-likeness (QED) is 0.675. The third-order valence-electron chi connectivity index (χ3n) is 3.86. The second-order valence-electron chi connectivity index (χ2n) is 5.78. The Morgan fingerprint density at radius 2 is 1.74 bits per heavy atom. The van der Waals surface area contributed by atoms with E-state index in [0.717, 1.165) is 12.1 Å². The number of benzene rings is 2. The molecule has 0 bridgehead atoms. The zero-order valence-electron chi connectivity index (χ0n) is 14.2. The number of amides is 1. The van der Waals surface area contributed by atoms with Gasteiger partial charge >= 0.3 is 0 Å². The van der Waals surface area contributed by atoms with Crippen molar-refractivity contribution in [1.29, 1.82) is 0 Å². The number of aromatic nitrogens is 1. The molecule has 7 heteroatoms. The van der Waals surface area contributed by atoms with Crippen LogP contribution in [0.25, 0.3) is 0 Å². The first-order chi connectivity index (χ1) is 13.0. The molecule has 4 nitrogen and oxygen atoms in total. The molecule has 2 N–H and O–H groups in total. The summed E-state index contributed by atoms with van der Waals surface area (Å²) in [7, 11) is 0. The molecule has 0 unspecified atom stereocenters. The minimum Gasteiger partial charge on any atom is -0.370 e. The van der Waals surface area contributed by atoms with Gasteiger partial charge in [-0.25, -0.2) is 18.2 Å². The van der Waals surface area contributed by atoms with Gasteiger partial charge in [-0.15, -0.1) is 0 Å². The van der Waals surface area contributed by atoms with Crippen LogP contribution in [0.2, 0.25) is 0 Å². The zero-order valence-corrected chi connectivity index (χ0v) is 14.2. The number of nitrogens with one attached hydrogen (secondary N) is 2. The van der Waals surface area contributed by atoms with E-state index in [-0.39, 0.29) is 17.1 Å². The fourth-order valence-electron chi connectivity index (χ4n) is 2.44. The zero-order chi connectivity index (χ0) is 19.2. The SMILES string of the molecule is O=C(Nc1ccc(F)c(F)c1)c1ccc(NCCc2ccccc2F)nc1. The molecule has 1 heterocycles. The van der Waals surface area contributed by atoms with E-state index in [1.165, 1.54) is 18.3 Å². The minimum absolute atomic E-state index is 0.144. The first-order valence-corrected chi connectivity index (χ1v) is 8.22. The van der Waals surface area contributed by atoms with Crippen LogP contribution < -0.4 is 10.6 Å². The van der Waals surface area contributed by atoms with Gasteiger partial charge in [0.2, 0.25) is 0 Å². The van der Waals surface area contributed by atoms with E-state index in [2.05, 4.69) is 15.6 Å². The van der Waals surface area contributed by atoms with Crippen LogP contribution in [0.3, 0.4) is 0 Å².